The number of likely N-dealkylation sites (tertiary alicyclic amines) is 1. The SMILES string of the molecule is CC(C)CCC(=O)N1CC=C(c2cccn3nc(Nc4ccc(C(=O)N(C)C5CCN(C)CC5)cc4)nc23)CC1. The van der Waals surface area contributed by atoms with E-state index in [1.54, 1.807) is 4.52 Å². The van der Waals surface area contributed by atoms with E-state index >= 15 is 0 Å². The Balaban J connectivity index is 1.24. The number of benzene rings is 1. The van der Waals surface area contributed by atoms with Gasteiger partial charge in [-0.2, -0.15) is 4.98 Å². The molecular formula is C31H41N7O2. The molecule has 0 bridgehead atoms. The summed E-state index contributed by atoms with van der Waals surface area (Å²) in [5, 5.41) is 7.91. The van der Waals surface area contributed by atoms with Crippen LogP contribution in [0.2, 0.25) is 0 Å². The van der Waals surface area contributed by atoms with Crippen molar-refractivity contribution < 1.29 is 9.59 Å². The summed E-state index contributed by atoms with van der Waals surface area (Å²) in [7, 11) is 4.04. The first-order chi connectivity index (χ1) is 19.3. The van der Waals surface area contributed by atoms with Crippen LogP contribution >= 0.6 is 0 Å². The average molecular weight is 544 g/mol. The van der Waals surface area contributed by atoms with Gasteiger partial charge in [0.1, 0.15) is 0 Å². The second-order valence-electron chi connectivity index (χ2n) is 11.5. The van der Waals surface area contributed by atoms with Gasteiger partial charge in [0.15, 0.2) is 5.65 Å². The molecule has 9 heteroatoms. The van der Waals surface area contributed by atoms with E-state index < -0.39 is 0 Å². The fraction of sp³-hybridized carbons (Fsp3) is 0.484. The molecule has 0 saturated carbocycles. The van der Waals surface area contributed by atoms with Gasteiger partial charge in [0.25, 0.3) is 5.91 Å². The standard InChI is InChI=1S/C31H41N7O2/c1-22(2)7-12-28(39)37-20-13-23(14-21-37)27-6-5-17-38-29(27)33-31(34-38)32-25-10-8-24(9-11-25)30(40)36(4)26-15-18-35(3)19-16-26/h5-6,8-11,13,17,22,26H,7,12,14-16,18-21H2,1-4H3,(H,32,34). The number of hydrogen-bond acceptors (Lipinski definition) is 6. The Hall–Kier alpha value is -3.72. The Morgan fingerprint density at radius 2 is 1.85 bits per heavy atom. The van der Waals surface area contributed by atoms with Crippen molar-refractivity contribution in [2.24, 2.45) is 5.92 Å². The monoisotopic (exact) mass is 543 g/mol. The molecule has 2 amide bonds. The molecule has 0 spiro atoms. The molecule has 40 heavy (non-hydrogen) atoms. The summed E-state index contributed by atoms with van der Waals surface area (Å²) in [5.41, 5.74) is 4.51. The van der Waals surface area contributed by atoms with Crippen LogP contribution in [0.4, 0.5) is 11.6 Å². The lowest BCUT2D eigenvalue weighted by Crippen LogP contribution is -2.44. The van der Waals surface area contributed by atoms with Gasteiger partial charge < -0.3 is 20.0 Å². The molecule has 1 aromatic carbocycles. The first-order valence-electron chi connectivity index (χ1n) is 14.4. The molecule has 5 rings (SSSR count). The number of carbonyl (C=O) groups is 2. The van der Waals surface area contributed by atoms with E-state index in [1.165, 1.54) is 5.57 Å². The quantitative estimate of drug-likeness (QED) is 0.444. The molecule has 2 aliphatic heterocycles. The normalized spacial score (nSPS) is 16.8. The minimum absolute atomic E-state index is 0.0533. The van der Waals surface area contributed by atoms with Crippen molar-refractivity contribution in [1.29, 1.82) is 0 Å². The zero-order valence-electron chi connectivity index (χ0n) is 24.1. The molecule has 1 N–H and O–H groups in total. The van der Waals surface area contributed by atoms with Crippen molar-refractivity contribution in [2.75, 3.05) is 45.6 Å². The lowest BCUT2D eigenvalue weighted by atomic mass is 10.00. The van der Waals surface area contributed by atoms with Gasteiger partial charge in [-0.15, -0.1) is 5.10 Å². The number of piperidine rings is 1. The van der Waals surface area contributed by atoms with Crippen LogP contribution < -0.4 is 5.32 Å². The van der Waals surface area contributed by atoms with E-state index in [-0.39, 0.29) is 17.9 Å². The first kappa shape index (κ1) is 27.8. The molecule has 212 valence electrons. The van der Waals surface area contributed by atoms with Crippen LogP contribution in [0.15, 0.2) is 48.7 Å². The van der Waals surface area contributed by atoms with Crippen molar-refractivity contribution in [1.82, 2.24) is 29.3 Å². The predicted molar refractivity (Wildman–Crippen MR) is 159 cm³/mol. The van der Waals surface area contributed by atoms with Crippen LogP contribution in [-0.2, 0) is 4.79 Å². The number of fused-ring (bicyclic) bond motifs is 1. The largest absolute Gasteiger partial charge is 0.339 e. The molecule has 0 radical (unpaired) electrons. The number of nitrogens with one attached hydrogen (secondary N) is 1. The number of amides is 2. The molecule has 1 saturated heterocycles. The minimum atomic E-state index is 0.0533. The molecule has 9 nitrogen and oxygen atoms in total. The van der Waals surface area contributed by atoms with E-state index in [0.29, 0.717) is 30.4 Å². The van der Waals surface area contributed by atoms with E-state index in [4.69, 9.17) is 4.98 Å². The zero-order valence-corrected chi connectivity index (χ0v) is 24.1. The van der Waals surface area contributed by atoms with Crippen LogP contribution in [-0.4, -0.2) is 87.4 Å². The van der Waals surface area contributed by atoms with E-state index in [0.717, 1.165) is 62.2 Å². The topological polar surface area (TPSA) is 86.1 Å². The number of carbonyl (C=O) groups excluding carboxylic acids is 2. The molecule has 2 aliphatic rings. The summed E-state index contributed by atoms with van der Waals surface area (Å²) in [6.07, 6.45) is 8.38. The highest BCUT2D eigenvalue weighted by Gasteiger charge is 2.25. The first-order valence-corrected chi connectivity index (χ1v) is 14.4. The van der Waals surface area contributed by atoms with Gasteiger partial charge in [0, 0.05) is 55.6 Å². The number of hydrogen-bond donors (Lipinski definition) is 1. The van der Waals surface area contributed by atoms with Gasteiger partial charge >= 0.3 is 0 Å². The number of anilines is 2. The fourth-order valence-electron chi connectivity index (χ4n) is 5.50. The maximum absolute atomic E-state index is 13.1. The summed E-state index contributed by atoms with van der Waals surface area (Å²) in [4.78, 5) is 36.5. The van der Waals surface area contributed by atoms with Gasteiger partial charge in [-0.3, -0.25) is 9.59 Å². The van der Waals surface area contributed by atoms with Crippen LogP contribution in [0.25, 0.3) is 11.2 Å². The van der Waals surface area contributed by atoms with Crippen LogP contribution in [0.5, 0.6) is 0 Å². The van der Waals surface area contributed by atoms with Crippen molar-refractivity contribution >= 4 is 34.7 Å². The third kappa shape index (κ3) is 6.36. The highest BCUT2D eigenvalue weighted by Crippen LogP contribution is 2.27. The smallest absolute Gasteiger partial charge is 0.253 e. The predicted octanol–water partition coefficient (Wildman–Crippen LogP) is 4.69. The fourth-order valence-corrected chi connectivity index (χ4v) is 5.50. The number of aromatic nitrogens is 3. The van der Waals surface area contributed by atoms with E-state index in [9.17, 15) is 9.59 Å². The van der Waals surface area contributed by atoms with Crippen molar-refractivity contribution in [2.45, 2.75) is 52.0 Å². The second kappa shape index (κ2) is 12.2. The number of nitrogens with zero attached hydrogens (tertiary/aromatic N) is 6. The lowest BCUT2D eigenvalue weighted by Gasteiger charge is -2.35. The average Bonchev–Trinajstić information content (AvgIpc) is 3.38. The molecule has 2 aromatic heterocycles. The molecule has 3 aromatic rings. The Morgan fingerprint density at radius 3 is 2.52 bits per heavy atom. The summed E-state index contributed by atoms with van der Waals surface area (Å²) in [6.45, 7) is 7.69. The minimum Gasteiger partial charge on any atom is -0.339 e. The maximum atomic E-state index is 13.1. The van der Waals surface area contributed by atoms with Gasteiger partial charge in [0.05, 0.1) is 0 Å². The molecule has 4 heterocycles. The highest BCUT2D eigenvalue weighted by atomic mass is 16.2. The molecule has 0 unspecified atom stereocenters. The molecule has 1 fully saturated rings. The third-order valence-electron chi connectivity index (χ3n) is 8.15. The maximum Gasteiger partial charge on any atom is 0.253 e. The van der Waals surface area contributed by atoms with E-state index in [2.05, 4.69) is 48.4 Å². The number of pyridine rings is 1. The molecule has 0 aliphatic carbocycles. The summed E-state index contributed by atoms with van der Waals surface area (Å²) in [5.74, 6) is 1.32. The van der Waals surface area contributed by atoms with Crippen LogP contribution in [0, 0.1) is 5.92 Å². The van der Waals surface area contributed by atoms with Crippen LogP contribution in [0.1, 0.15) is 61.9 Å². The molecular weight excluding hydrogens is 502 g/mol. The van der Waals surface area contributed by atoms with Gasteiger partial charge in [0.2, 0.25) is 11.9 Å². The van der Waals surface area contributed by atoms with Crippen LogP contribution in [0.3, 0.4) is 0 Å². The van der Waals surface area contributed by atoms with Gasteiger partial charge in [-0.25, -0.2) is 4.52 Å². The third-order valence-corrected chi connectivity index (χ3v) is 8.15. The van der Waals surface area contributed by atoms with Gasteiger partial charge in [-0.1, -0.05) is 19.9 Å². The highest BCUT2D eigenvalue weighted by molar-refractivity contribution is 5.94. The Morgan fingerprint density at radius 1 is 1.10 bits per heavy atom. The summed E-state index contributed by atoms with van der Waals surface area (Å²) < 4.78 is 1.78. The van der Waals surface area contributed by atoms with E-state index in [1.807, 2.05) is 53.4 Å². The van der Waals surface area contributed by atoms with Crippen molar-refractivity contribution in [3.8, 4) is 0 Å². The summed E-state index contributed by atoms with van der Waals surface area (Å²) >= 11 is 0. The Labute approximate surface area is 236 Å². The summed E-state index contributed by atoms with van der Waals surface area (Å²) in [6, 6.07) is 11.8. The Kier molecular flexibility index (Phi) is 8.49. The Bertz CT molecular complexity index is 1370. The lowest BCUT2D eigenvalue weighted by molar-refractivity contribution is -0.131. The van der Waals surface area contributed by atoms with Crippen molar-refractivity contribution in [3.63, 3.8) is 0 Å². The second-order valence-corrected chi connectivity index (χ2v) is 11.5. The number of rotatable bonds is 8. The zero-order chi connectivity index (χ0) is 28.2. The molecule has 0 atom stereocenters. The van der Waals surface area contributed by atoms with Crippen molar-refractivity contribution in [3.05, 3.63) is 59.8 Å². The van der Waals surface area contributed by atoms with Gasteiger partial charge in [-0.05, 0) is 93.7 Å².